The Morgan fingerprint density at radius 3 is 2.63 bits per heavy atom. The molecule has 6 heteroatoms. The Morgan fingerprint density at radius 2 is 1.95 bits per heavy atom. The number of fused-ring (bicyclic) bond motifs is 1. The zero-order valence-electron chi connectivity index (χ0n) is 9.62. The van der Waals surface area contributed by atoms with Gasteiger partial charge in [-0.1, -0.05) is 42.5 Å². The first-order chi connectivity index (χ1) is 8.74. The van der Waals surface area contributed by atoms with Gasteiger partial charge < -0.3 is 5.11 Å². The van der Waals surface area contributed by atoms with E-state index < -0.39 is 11.5 Å². The topological polar surface area (TPSA) is 74.4 Å². The summed E-state index contributed by atoms with van der Waals surface area (Å²) < 4.78 is 0. The van der Waals surface area contributed by atoms with E-state index in [1.807, 2.05) is 36.4 Å². The SMILES string of the molecule is O=C(O)C12C=CC=C(c3ccccc3)C1=NN=N2.[Ag]. The molecule has 1 aliphatic heterocycles. The maximum Gasteiger partial charge on any atom is 0.344 e. The molecule has 0 aromatic heterocycles. The summed E-state index contributed by atoms with van der Waals surface area (Å²) in [5.74, 6) is -1.07. The third kappa shape index (κ3) is 2.02. The molecule has 0 amide bonds. The van der Waals surface area contributed by atoms with Crippen molar-refractivity contribution in [1.29, 1.82) is 0 Å². The quantitative estimate of drug-likeness (QED) is 0.834. The van der Waals surface area contributed by atoms with Crippen LogP contribution in [-0.2, 0) is 27.2 Å². The Kier molecular flexibility index (Phi) is 3.61. The van der Waals surface area contributed by atoms with E-state index >= 15 is 0 Å². The van der Waals surface area contributed by atoms with Gasteiger partial charge in [-0.25, -0.2) is 4.79 Å². The minimum absolute atomic E-state index is 0. The maximum absolute atomic E-state index is 11.4. The zero-order valence-corrected chi connectivity index (χ0v) is 11.1. The molecule has 0 saturated heterocycles. The minimum atomic E-state index is -1.46. The molecule has 1 radical (unpaired) electrons. The number of allylic oxidation sites excluding steroid dienone is 2. The standard InChI is InChI=1S/C13H9N3O2.Ag/c17-12(18)13-8-4-7-10(11(13)14-16-15-13)9-5-2-1-3-6-9;/h1-8H,(H,17,18);. The number of nitrogens with zero attached hydrogens (tertiary/aromatic N) is 3. The number of hydrogen-bond donors (Lipinski definition) is 1. The van der Waals surface area contributed by atoms with Gasteiger partial charge in [0.1, 0.15) is 5.71 Å². The molecule has 1 unspecified atom stereocenters. The molecule has 1 aromatic carbocycles. The summed E-state index contributed by atoms with van der Waals surface area (Å²) in [5, 5.41) is 20.5. The van der Waals surface area contributed by atoms with Crippen LogP contribution < -0.4 is 0 Å². The molecule has 0 bridgehead atoms. The smallest absolute Gasteiger partial charge is 0.344 e. The van der Waals surface area contributed by atoms with Crippen molar-refractivity contribution in [2.45, 2.75) is 5.54 Å². The van der Waals surface area contributed by atoms with Crippen molar-refractivity contribution in [3.05, 3.63) is 54.1 Å². The van der Waals surface area contributed by atoms with Crippen LogP contribution in [0.1, 0.15) is 5.56 Å². The summed E-state index contributed by atoms with van der Waals surface area (Å²) in [5.41, 5.74) is 0.549. The van der Waals surface area contributed by atoms with Crippen LogP contribution >= 0.6 is 0 Å². The van der Waals surface area contributed by atoms with Gasteiger partial charge in [0.25, 0.3) is 0 Å². The Morgan fingerprint density at radius 1 is 1.21 bits per heavy atom. The zero-order chi connectivity index (χ0) is 12.6. The molecule has 0 spiro atoms. The van der Waals surface area contributed by atoms with Gasteiger partial charge in [-0.3, -0.25) is 0 Å². The normalized spacial score (nSPS) is 23.2. The van der Waals surface area contributed by atoms with Gasteiger partial charge >= 0.3 is 5.97 Å². The molecular formula is C13H9AgN3O2. The van der Waals surface area contributed by atoms with Gasteiger partial charge in [-0.2, -0.15) is 0 Å². The molecule has 1 aromatic rings. The number of benzene rings is 1. The predicted molar refractivity (Wildman–Crippen MR) is 66.2 cm³/mol. The second kappa shape index (κ2) is 5.05. The monoisotopic (exact) mass is 346 g/mol. The number of carboxylic acids is 1. The molecule has 19 heavy (non-hydrogen) atoms. The Labute approximate surface area is 124 Å². The molecule has 1 heterocycles. The van der Waals surface area contributed by atoms with E-state index in [9.17, 15) is 9.90 Å². The fourth-order valence-electron chi connectivity index (χ4n) is 2.06. The predicted octanol–water partition coefficient (Wildman–Crippen LogP) is 2.28. The Balaban J connectivity index is 0.00000133. The van der Waals surface area contributed by atoms with Crippen molar-refractivity contribution < 1.29 is 32.3 Å². The van der Waals surface area contributed by atoms with Gasteiger partial charge in [0.05, 0.1) is 0 Å². The van der Waals surface area contributed by atoms with Gasteiger partial charge in [0, 0.05) is 28.0 Å². The number of aliphatic carboxylic acids is 1. The van der Waals surface area contributed by atoms with Crippen LogP contribution in [0, 0.1) is 0 Å². The molecule has 2 aliphatic rings. The van der Waals surface area contributed by atoms with E-state index in [2.05, 4.69) is 15.4 Å². The Hall–Kier alpha value is -1.82. The maximum atomic E-state index is 11.4. The number of rotatable bonds is 2. The molecular weight excluding hydrogens is 338 g/mol. The summed E-state index contributed by atoms with van der Waals surface area (Å²) in [4.78, 5) is 11.4. The second-order valence-corrected chi connectivity index (χ2v) is 4.02. The van der Waals surface area contributed by atoms with Crippen molar-refractivity contribution in [2.75, 3.05) is 0 Å². The Bertz CT molecular complexity index is 635. The van der Waals surface area contributed by atoms with Crippen molar-refractivity contribution in [2.24, 2.45) is 15.4 Å². The second-order valence-electron chi connectivity index (χ2n) is 4.02. The third-order valence-electron chi connectivity index (χ3n) is 2.97. The van der Waals surface area contributed by atoms with Crippen LogP contribution in [0.4, 0.5) is 0 Å². The first-order valence-corrected chi connectivity index (χ1v) is 5.43. The van der Waals surface area contributed by atoms with E-state index in [0.29, 0.717) is 5.71 Å². The van der Waals surface area contributed by atoms with Gasteiger partial charge in [-0.05, 0) is 16.9 Å². The van der Waals surface area contributed by atoms with Crippen LogP contribution in [0.3, 0.4) is 0 Å². The fourth-order valence-corrected chi connectivity index (χ4v) is 2.06. The summed E-state index contributed by atoms with van der Waals surface area (Å²) in [6, 6.07) is 9.48. The van der Waals surface area contributed by atoms with Crippen LogP contribution in [0.5, 0.6) is 0 Å². The van der Waals surface area contributed by atoms with Gasteiger partial charge in [-0.15, -0.1) is 10.2 Å². The number of carboxylic acid groups (broad SMARTS) is 1. The number of hydrogen-bond acceptors (Lipinski definition) is 4. The summed E-state index contributed by atoms with van der Waals surface area (Å²) in [6.07, 6.45) is 5.00. The fraction of sp³-hybridized carbons (Fsp3) is 0.0769. The van der Waals surface area contributed by atoms with Crippen LogP contribution in [0.25, 0.3) is 5.57 Å². The molecule has 1 atom stereocenters. The summed E-state index contributed by atoms with van der Waals surface area (Å²) in [7, 11) is 0. The molecule has 1 N–H and O–H groups in total. The molecule has 0 fully saturated rings. The van der Waals surface area contributed by atoms with Crippen molar-refractivity contribution >= 4 is 17.3 Å². The van der Waals surface area contributed by atoms with E-state index in [-0.39, 0.29) is 22.4 Å². The van der Waals surface area contributed by atoms with Crippen molar-refractivity contribution in [1.82, 2.24) is 0 Å². The summed E-state index contributed by atoms with van der Waals surface area (Å²) >= 11 is 0. The van der Waals surface area contributed by atoms with E-state index in [0.717, 1.165) is 11.1 Å². The average molecular weight is 347 g/mol. The van der Waals surface area contributed by atoms with Gasteiger partial charge in [0.15, 0.2) is 0 Å². The molecule has 3 rings (SSSR count). The van der Waals surface area contributed by atoms with Crippen molar-refractivity contribution in [3.63, 3.8) is 0 Å². The van der Waals surface area contributed by atoms with E-state index in [1.165, 1.54) is 6.08 Å². The molecule has 0 saturated carbocycles. The third-order valence-corrected chi connectivity index (χ3v) is 2.97. The van der Waals surface area contributed by atoms with Gasteiger partial charge in [0.2, 0.25) is 5.54 Å². The molecule has 1 aliphatic carbocycles. The van der Waals surface area contributed by atoms with Crippen LogP contribution in [0.15, 0.2) is 64.0 Å². The van der Waals surface area contributed by atoms with E-state index in [1.54, 1.807) is 6.08 Å². The minimum Gasteiger partial charge on any atom is -0.479 e. The first kappa shape index (κ1) is 13.6. The van der Waals surface area contributed by atoms with E-state index in [4.69, 9.17) is 0 Å². The average Bonchev–Trinajstić information content (AvgIpc) is 2.84. The molecule has 99 valence electrons. The summed E-state index contributed by atoms with van der Waals surface area (Å²) in [6.45, 7) is 0. The van der Waals surface area contributed by atoms with Crippen LogP contribution in [0.2, 0.25) is 0 Å². The number of carbonyl (C=O) groups is 1. The largest absolute Gasteiger partial charge is 0.479 e. The van der Waals surface area contributed by atoms with Crippen molar-refractivity contribution in [3.8, 4) is 0 Å². The molecule has 5 nitrogen and oxygen atoms in total. The first-order valence-electron chi connectivity index (χ1n) is 5.43. The van der Waals surface area contributed by atoms with Crippen LogP contribution in [-0.4, -0.2) is 22.3 Å².